The Hall–Kier alpha value is -3.15. The number of benzene rings is 1. The van der Waals surface area contributed by atoms with Gasteiger partial charge >= 0.3 is 5.97 Å². The van der Waals surface area contributed by atoms with Crippen molar-refractivity contribution in [3.63, 3.8) is 0 Å². The number of fused-ring (bicyclic) bond motifs is 4. The summed E-state index contributed by atoms with van der Waals surface area (Å²) in [6.07, 6.45) is 8.28. The number of hydrogen-bond acceptors (Lipinski definition) is 6. The Morgan fingerprint density at radius 1 is 1.18 bits per heavy atom. The Bertz CT molecular complexity index is 1220. The average Bonchev–Trinajstić information content (AvgIpc) is 3.18. The zero-order valence-electron chi connectivity index (χ0n) is 23.0. The van der Waals surface area contributed by atoms with E-state index in [9.17, 15) is 14.4 Å². The summed E-state index contributed by atoms with van der Waals surface area (Å²) in [5.41, 5.74) is 4.54. The van der Waals surface area contributed by atoms with Crippen molar-refractivity contribution in [2.75, 3.05) is 25.6 Å². The summed E-state index contributed by atoms with van der Waals surface area (Å²) >= 11 is 0. The minimum atomic E-state index is -1.24. The Balaban J connectivity index is 1.65. The fourth-order valence-corrected chi connectivity index (χ4v) is 8.07. The fourth-order valence-electron chi connectivity index (χ4n) is 8.07. The average molecular weight is 518 g/mol. The van der Waals surface area contributed by atoms with E-state index >= 15 is 0 Å². The third-order valence-corrected chi connectivity index (χ3v) is 9.75. The second-order valence-corrected chi connectivity index (χ2v) is 11.8. The van der Waals surface area contributed by atoms with Gasteiger partial charge in [-0.25, -0.2) is 0 Å². The number of nitrogens with zero attached hydrogens (tertiary/aromatic N) is 1. The Morgan fingerprint density at radius 2 is 1.92 bits per heavy atom. The molecule has 0 saturated heterocycles. The first kappa shape index (κ1) is 26.5. The van der Waals surface area contributed by atoms with Gasteiger partial charge in [0.1, 0.15) is 12.4 Å². The minimum Gasteiger partial charge on any atom is -0.494 e. The van der Waals surface area contributed by atoms with Gasteiger partial charge in [-0.1, -0.05) is 37.3 Å². The molecule has 4 aliphatic rings. The monoisotopic (exact) mass is 517 g/mol. The maximum atomic E-state index is 13.8. The quantitative estimate of drug-likeness (QED) is 0.342. The van der Waals surface area contributed by atoms with E-state index in [-0.39, 0.29) is 30.1 Å². The molecule has 6 heteroatoms. The highest BCUT2D eigenvalue weighted by Gasteiger charge is 2.68. The highest BCUT2D eigenvalue weighted by molar-refractivity contribution is 5.92. The van der Waals surface area contributed by atoms with E-state index in [1.165, 1.54) is 35.5 Å². The van der Waals surface area contributed by atoms with Crippen molar-refractivity contribution in [3.8, 4) is 0 Å². The molecule has 0 amide bonds. The van der Waals surface area contributed by atoms with Crippen molar-refractivity contribution in [1.82, 2.24) is 0 Å². The summed E-state index contributed by atoms with van der Waals surface area (Å²) < 4.78 is 11.4. The molecule has 3 unspecified atom stereocenters. The molecule has 5 rings (SSSR count). The van der Waals surface area contributed by atoms with Crippen LogP contribution in [0, 0.1) is 17.3 Å². The number of hydrogen-bond donors (Lipinski definition) is 0. The van der Waals surface area contributed by atoms with Crippen molar-refractivity contribution in [1.29, 1.82) is 0 Å². The van der Waals surface area contributed by atoms with E-state index in [1.807, 2.05) is 14.1 Å². The lowest BCUT2D eigenvalue weighted by molar-refractivity contribution is -0.185. The predicted octanol–water partition coefficient (Wildman–Crippen LogP) is 5.68. The van der Waals surface area contributed by atoms with Crippen LogP contribution in [0.15, 0.2) is 59.9 Å². The molecule has 3 fully saturated rings. The van der Waals surface area contributed by atoms with Gasteiger partial charge in [0.05, 0.1) is 6.26 Å². The number of rotatable bonds is 7. The lowest BCUT2D eigenvalue weighted by Crippen LogP contribution is -2.58. The van der Waals surface area contributed by atoms with Crippen molar-refractivity contribution in [3.05, 3.63) is 65.5 Å². The number of ketones is 2. The first-order chi connectivity index (χ1) is 18.1. The molecular formula is C32H39NO5. The maximum Gasteiger partial charge on any atom is 0.303 e. The SMILES string of the molecule is C=COCC(=O)[C@@]1(OC(C)=O)CCC2C3CC=C4CC(=O)CCC4=C3C(c3ccc(N(C)C)cc3)C[C@@]21C. The molecule has 6 nitrogen and oxygen atoms in total. The zero-order valence-corrected chi connectivity index (χ0v) is 23.0. The topological polar surface area (TPSA) is 72.9 Å². The Labute approximate surface area is 225 Å². The van der Waals surface area contributed by atoms with E-state index < -0.39 is 17.0 Å². The summed E-state index contributed by atoms with van der Waals surface area (Å²) in [5.74, 6) is 0.186. The van der Waals surface area contributed by atoms with Gasteiger partial charge in [-0.2, -0.15) is 0 Å². The van der Waals surface area contributed by atoms with Crippen LogP contribution in [0.5, 0.6) is 0 Å². The molecule has 0 bridgehead atoms. The first-order valence-corrected chi connectivity index (χ1v) is 13.8. The molecule has 3 saturated carbocycles. The van der Waals surface area contributed by atoms with Crippen LogP contribution in [0.1, 0.15) is 70.3 Å². The highest BCUT2D eigenvalue weighted by atomic mass is 16.6. The molecule has 0 aromatic heterocycles. The molecule has 1 aromatic rings. The third kappa shape index (κ3) is 4.13. The van der Waals surface area contributed by atoms with E-state index in [0.717, 1.165) is 24.9 Å². The third-order valence-electron chi connectivity index (χ3n) is 9.75. The van der Waals surface area contributed by atoms with Gasteiger partial charge in [-0.15, -0.1) is 0 Å². The maximum absolute atomic E-state index is 13.8. The number of Topliss-reactive ketones (excluding diaryl/α,β-unsaturated/α-hetero) is 2. The number of ether oxygens (including phenoxy) is 2. The van der Waals surface area contributed by atoms with Crippen LogP contribution in [0.4, 0.5) is 5.69 Å². The van der Waals surface area contributed by atoms with Gasteiger partial charge in [-0.05, 0) is 72.8 Å². The normalized spacial score (nSPS) is 31.9. The molecule has 1 aromatic carbocycles. The largest absolute Gasteiger partial charge is 0.494 e. The Morgan fingerprint density at radius 3 is 2.58 bits per heavy atom. The van der Waals surface area contributed by atoms with Crippen LogP contribution < -0.4 is 4.90 Å². The lowest BCUT2D eigenvalue weighted by Gasteiger charge is -2.54. The highest BCUT2D eigenvalue weighted by Crippen LogP contribution is 2.67. The van der Waals surface area contributed by atoms with Crippen LogP contribution in [-0.4, -0.2) is 43.8 Å². The van der Waals surface area contributed by atoms with Crippen molar-refractivity contribution >= 4 is 23.2 Å². The summed E-state index contributed by atoms with van der Waals surface area (Å²) in [7, 11) is 4.06. The molecule has 0 N–H and O–H groups in total. The molecular weight excluding hydrogens is 478 g/mol. The second kappa shape index (κ2) is 9.87. The number of allylic oxidation sites excluding steroid dienone is 4. The van der Waals surface area contributed by atoms with Gasteiger partial charge in [-0.3, -0.25) is 14.4 Å². The number of carbonyl (C=O) groups excluding carboxylic acids is 3. The lowest BCUT2D eigenvalue weighted by atomic mass is 9.51. The van der Waals surface area contributed by atoms with E-state index in [2.05, 4.69) is 48.7 Å². The molecule has 5 atom stereocenters. The van der Waals surface area contributed by atoms with Gasteiger partial charge in [0.25, 0.3) is 0 Å². The second-order valence-electron chi connectivity index (χ2n) is 11.8. The van der Waals surface area contributed by atoms with Gasteiger partial charge in [0.15, 0.2) is 5.60 Å². The molecule has 0 spiro atoms. The molecule has 202 valence electrons. The van der Waals surface area contributed by atoms with Crippen LogP contribution in [-0.2, 0) is 23.9 Å². The van der Waals surface area contributed by atoms with Crippen LogP contribution in [0.3, 0.4) is 0 Å². The number of esters is 1. The van der Waals surface area contributed by atoms with Crippen LogP contribution >= 0.6 is 0 Å². The fraction of sp³-hybridized carbons (Fsp3) is 0.531. The van der Waals surface area contributed by atoms with E-state index in [1.54, 1.807) is 0 Å². The Kier molecular flexibility index (Phi) is 6.87. The smallest absolute Gasteiger partial charge is 0.303 e. The predicted molar refractivity (Wildman–Crippen MR) is 147 cm³/mol. The minimum absolute atomic E-state index is 0.0746. The summed E-state index contributed by atoms with van der Waals surface area (Å²) in [6, 6.07) is 8.69. The van der Waals surface area contributed by atoms with Crippen LogP contribution in [0.25, 0.3) is 0 Å². The first-order valence-electron chi connectivity index (χ1n) is 13.8. The van der Waals surface area contributed by atoms with Gasteiger partial charge in [0.2, 0.25) is 5.78 Å². The standard InChI is InChI=1S/C32H39NO5/c1-6-37-19-29(36)32(38-20(2)34)16-15-28-26-13-9-22-17-24(35)12-14-25(22)30(26)27(18-31(28,32)3)21-7-10-23(11-8-21)33(4)5/h6-11,26-28H,1,12-19H2,2-5H3/t26?,27?,28?,31-,32-/m0/s1. The van der Waals surface area contributed by atoms with Crippen molar-refractivity contribution in [2.45, 2.75) is 70.3 Å². The number of anilines is 1. The molecule has 0 radical (unpaired) electrons. The summed E-state index contributed by atoms with van der Waals surface area (Å²) in [6.45, 7) is 6.98. The summed E-state index contributed by atoms with van der Waals surface area (Å²) in [4.78, 5) is 40.7. The molecule has 0 aliphatic heterocycles. The van der Waals surface area contributed by atoms with Gasteiger partial charge in [0, 0.05) is 50.9 Å². The van der Waals surface area contributed by atoms with E-state index in [4.69, 9.17) is 9.47 Å². The van der Waals surface area contributed by atoms with Gasteiger partial charge < -0.3 is 14.4 Å². The molecule has 38 heavy (non-hydrogen) atoms. The number of carbonyl (C=O) groups is 3. The zero-order chi connectivity index (χ0) is 27.2. The van der Waals surface area contributed by atoms with Crippen molar-refractivity contribution < 1.29 is 23.9 Å². The van der Waals surface area contributed by atoms with Crippen molar-refractivity contribution in [2.24, 2.45) is 17.3 Å². The molecule has 4 aliphatic carbocycles. The van der Waals surface area contributed by atoms with E-state index in [0.29, 0.717) is 31.5 Å². The summed E-state index contributed by atoms with van der Waals surface area (Å²) in [5, 5.41) is 0. The molecule has 0 heterocycles. The van der Waals surface area contributed by atoms with Crippen LogP contribution in [0.2, 0.25) is 0 Å².